The fourth-order valence-electron chi connectivity index (χ4n) is 3.56. The number of nitriles is 1. The minimum absolute atomic E-state index is 0.0463. The maximum atomic E-state index is 12.7. The van der Waals surface area contributed by atoms with Crippen LogP contribution in [0.3, 0.4) is 0 Å². The molecule has 10 nitrogen and oxygen atoms in total. The zero-order valence-electron chi connectivity index (χ0n) is 20.3. The second-order valence-electron chi connectivity index (χ2n) is 7.94. The van der Waals surface area contributed by atoms with Crippen LogP contribution in [0.1, 0.15) is 23.2 Å². The van der Waals surface area contributed by atoms with E-state index in [0.717, 1.165) is 15.2 Å². The molecule has 3 heterocycles. The molecule has 0 saturated heterocycles. The number of nitrogens with one attached hydrogen (secondary N) is 1. The predicted octanol–water partition coefficient (Wildman–Crippen LogP) is 4.46. The average Bonchev–Trinajstić information content (AvgIpc) is 3.54. The van der Waals surface area contributed by atoms with Crippen molar-refractivity contribution in [1.82, 2.24) is 19.6 Å². The molecule has 2 aromatic carbocycles. The number of aromatic nitrogens is 4. The number of benzene rings is 2. The highest BCUT2D eigenvalue weighted by atomic mass is 32.1. The van der Waals surface area contributed by atoms with Crippen LogP contribution in [0.15, 0.2) is 58.9 Å². The first kappa shape index (κ1) is 25.1. The lowest BCUT2D eigenvalue weighted by molar-refractivity contribution is -0.112. The van der Waals surface area contributed by atoms with Crippen LogP contribution in [-0.4, -0.2) is 32.6 Å². The van der Waals surface area contributed by atoms with Gasteiger partial charge >= 0.3 is 0 Å². The van der Waals surface area contributed by atoms with Gasteiger partial charge < -0.3 is 9.47 Å². The van der Waals surface area contributed by atoms with Crippen LogP contribution < -0.4 is 20.3 Å². The molecule has 12 heteroatoms. The lowest BCUT2D eigenvalue weighted by Gasteiger charge is -2.11. The molecule has 0 aliphatic rings. The van der Waals surface area contributed by atoms with E-state index in [9.17, 15) is 14.9 Å². The maximum Gasteiger partial charge on any atom is 0.275 e. The number of methoxy groups -OCH3 is 1. The Balaban J connectivity index is 1.32. The molecule has 5 rings (SSSR count). The van der Waals surface area contributed by atoms with E-state index in [1.807, 2.05) is 37.3 Å². The highest BCUT2D eigenvalue weighted by Crippen LogP contribution is 2.30. The second-order valence-corrected chi connectivity index (χ2v) is 10.0. The second kappa shape index (κ2) is 10.8. The summed E-state index contributed by atoms with van der Waals surface area (Å²) >= 11 is 2.69. The van der Waals surface area contributed by atoms with Gasteiger partial charge in [-0.05, 0) is 42.3 Å². The Bertz CT molecular complexity index is 1760. The summed E-state index contributed by atoms with van der Waals surface area (Å²) in [4.78, 5) is 34.4. The van der Waals surface area contributed by atoms with Crippen LogP contribution in [0.2, 0.25) is 0 Å². The van der Waals surface area contributed by atoms with Crippen LogP contribution in [0.4, 0.5) is 5.13 Å². The highest BCUT2D eigenvalue weighted by Gasteiger charge is 2.14. The minimum Gasteiger partial charge on any atom is -0.493 e. The van der Waals surface area contributed by atoms with Crippen LogP contribution in [0, 0.1) is 11.3 Å². The third-order valence-corrected chi connectivity index (χ3v) is 7.40. The van der Waals surface area contributed by atoms with Crippen molar-refractivity contribution in [3.63, 3.8) is 0 Å². The SMILES string of the molecule is CCc1nn2c(=O)cc(COc3ccc(/C=C(\C#N)C(=O)Nc4nc5ccccc5s4)cc3OC)nc2s1. The molecule has 0 aliphatic carbocycles. The largest absolute Gasteiger partial charge is 0.493 e. The number of para-hydroxylation sites is 1. The smallest absolute Gasteiger partial charge is 0.275 e. The van der Waals surface area contributed by atoms with Crippen LogP contribution in [-0.2, 0) is 17.8 Å². The Morgan fingerprint density at radius 3 is 2.76 bits per heavy atom. The van der Waals surface area contributed by atoms with Gasteiger partial charge in [0, 0.05) is 6.07 Å². The molecular weight excluding hydrogens is 524 g/mol. The van der Waals surface area contributed by atoms with E-state index in [1.165, 1.54) is 46.4 Å². The summed E-state index contributed by atoms with van der Waals surface area (Å²) in [6.07, 6.45) is 2.18. The molecule has 38 heavy (non-hydrogen) atoms. The van der Waals surface area contributed by atoms with E-state index in [4.69, 9.17) is 9.47 Å². The van der Waals surface area contributed by atoms with Crippen LogP contribution >= 0.6 is 22.7 Å². The van der Waals surface area contributed by atoms with Crippen molar-refractivity contribution in [3.05, 3.63) is 80.7 Å². The number of carbonyl (C=O) groups is 1. The summed E-state index contributed by atoms with van der Waals surface area (Å²) in [6.45, 7) is 2.01. The number of anilines is 1. The average molecular weight is 545 g/mol. The molecule has 0 radical (unpaired) electrons. The maximum absolute atomic E-state index is 12.7. The van der Waals surface area contributed by atoms with E-state index in [0.29, 0.717) is 39.3 Å². The first-order chi connectivity index (χ1) is 18.5. The quantitative estimate of drug-likeness (QED) is 0.224. The van der Waals surface area contributed by atoms with Crippen molar-refractivity contribution < 1.29 is 14.3 Å². The summed E-state index contributed by atoms with van der Waals surface area (Å²) in [5.41, 5.74) is 1.44. The topological polar surface area (TPSA) is 132 Å². The molecule has 0 fully saturated rings. The highest BCUT2D eigenvalue weighted by molar-refractivity contribution is 7.22. The lowest BCUT2D eigenvalue weighted by atomic mass is 10.1. The summed E-state index contributed by atoms with van der Waals surface area (Å²) in [5.74, 6) is 0.252. The number of thiazole rings is 1. The summed E-state index contributed by atoms with van der Waals surface area (Å²) < 4.78 is 13.5. The van der Waals surface area contributed by atoms with E-state index in [-0.39, 0.29) is 17.7 Å². The molecular formula is C26H20N6O4S2. The fraction of sp³-hybridized carbons (Fsp3) is 0.154. The van der Waals surface area contributed by atoms with E-state index >= 15 is 0 Å². The van der Waals surface area contributed by atoms with Crippen molar-refractivity contribution in [2.45, 2.75) is 20.0 Å². The molecule has 1 amide bonds. The number of aryl methyl sites for hydroxylation is 1. The number of hydrogen-bond acceptors (Lipinski definition) is 10. The molecule has 0 aliphatic heterocycles. The zero-order valence-corrected chi connectivity index (χ0v) is 21.9. The van der Waals surface area contributed by atoms with E-state index in [2.05, 4.69) is 20.4 Å². The third kappa shape index (κ3) is 5.24. The number of amides is 1. The van der Waals surface area contributed by atoms with Crippen molar-refractivity contribution >= 4 is 55.0 Å². The monoisotopic (exact) mass is 544 g/mol. The Kier molecular flexibility index (Phi) is 7.12. The molecule has 5 aromatic rings. The minimum atomic E-state index is -0.562. The van der Waals surface area contributed by atoms with Crippen molar-refractivity contribution in [2.24, 2.45) is 0 Å². The lowest BCUT2D eigenvalue weighted by Crippen LogP contribution is -2.16. The molecule has 0 spiro atoms. The Morgan fingerprint density at radius 2 is 2.00 bits per heavy atom. The summed E-state index contributed by atoms with van der Waals surface area (Å²) in [5, 5.41) is 17.8. The zero-order chi connectivity index (χ0) is 26.6. The van der Waals surface area contributed by atoms with Gasteiger partial charge in [-0.2, -0.15) is 14.9 Å². The van der Waals surface area contributed by atoms with Crippen molar-refractivity contribution in [2.75, 3.05) is 12.4 Å². The number of carbonyl (C=O) groups excluding carboxylic acids is 1. The van der Waals surface area contributed by atoms with E-state index in [1.54, 1.807) is 18.2 Å². The Labute approximate surface area is 224 Å². The first-order valence-corrected chi connectivity index (χ1v) is 13.1. The number of fused-ring (bicyclic) bond motifs is 2. The number of nitrogens with zero attached hydrogens (tertiary/aromatic N) is 5. The van der Waals surface area contributed by atoms with Gasteiger partial charge in [-0.3, -0.25) is 14.9 Å². The molecule has 190 valence electrons. The van der Waals surface area contributed by atoms with Gasteiger partial charge in [0.1, 0.15) is 23.3 Å². The van der Waals surface area contributed by atoms with Gasteiger partial charge in [0.15, 0.2) is 16.6 Å². The van der Waals surface area contributed by atoms with Gasteiger partial charge in [-0.15, -0.1) is 0 Å². The number of rotatable bonds is 8. The van der Waals surface area contributed by atoms with Gasteiger partial charge in [0.05, 0.1) is 23.0 Å². The van der Waals surface area contributed by atoms with Gasteiger partial charge in [0.25, 0.3) is 11.5 Å². The molecule has 0 atom stereocenters. The predicted molar refractivity (Wildman–Crippen MR) is 146 cm³/mol. The van der Waals surface area contributed by atoms with E-state index < -0.39 is 5.91 Å². The van der Waals surface area contributed by atoms with Gasteiger partial charge in [-0.25, -0.2) is 9.97 Å². The molecule has 1 N–H and O–H groups in total. The third-order valence-electron chi connectivity index (χ3n) is 5.40. The Morgan fingerprint density at radius 1 is 1.16 bits per heavy atom. The van der Waals surface area contributed by atoms with Crippen molar-refractivity contribution in [1.29, 1.82) is 5.26 Å². The Hall–Kier alpha value is -4.60. The van der Waals surface area contributed by atoms with Crippen molar-refractivity contribution in [3.8, 4) is 17.6 Å². The standard InChI is InChI=1S/C26H20N6O4S2/c1-3-22-31-32-23(33)12-17(28-26(32)38-22)14-36-19-9-8-15(11-20(19)35-2)10-16(13-27)24(34)30-25-29-18-6-4-5-7-21(18)37-25/h4-12H,3,14H2,1-2H3,(H,29,30,34)/b16-10+. The molecule has 0 saturated carbocycles. The fourth-order valence-corrected chi connectivity index (χ4v) is 5.28. The van der Waals surface area contributed by atoms with Gasteiger partial charge in [0.2, 0.25) is 4.96 Å². The molecule has 0 unspecified atom stereocenters. The summed E-state index contributed by atoms with van der Waals surface area (Å²) in [7, 11) is 1.49. The van der Waals surface area contributed by atoms with Crippen LogP contribution in [0.5, 0.6) is 11.5 Å². The molecule has 3 aromatic heterocycles. The normalized spacial score (nSPS) is 11.4. The van der Waals surface area contributed by atoms with Crippen LogP contribution in [0.25, 0.3) is 21.3 Å². The summed E-state index contributed by atoms with van der Waals surface area (Å²) in [6, 6.07) is 15.9. The van der Waals surface area contributed by atoms with Gasteiger partial charge in [-0.1, -0.05) is 47.8 Å². The number of ether oxygens (including phenoxy) is 2. The first-order valence-electron chi connectivity index (χ1n) is 11.5. The number of hydrogen-bond donors (Lipinski definition) is 1. The molecule has 0 bridgehead atoms.